The van der Waals surface area contributed by atoms with E-state index in [9.17, 15) is 14.3 Å². The van der Waals surface area contributed by atoms with Gasteiger partial charge in [0.05, 0.1) is 34.4 Å². The number of carboxylic acid groups (broad SMARTS) is 1. The fourth-order valence-electron chi connectivity index (χ4n) is 6.45. The van der Waals surface area contributed by atoms with Crippen molar-refractivity contribution in [1.29, 1.82) is 0 Å². The van der Waals surface area contributed by atoms with Gasteiger partial charge in [0.2, 0.25) is 0 Å². The highest BCUT2D eigenvalue weighted by Crippen LogP contribution is 2.49. The predicted molar refractivity (Wildman–Crippen MR) is 165 cm³/mol. The first-order valence-corrected chi connectivity index (χ1v) is 15.3. The normalized spacial score (nSPS) is 18.6. The number of rotatable bonds is 8. The van der Waals surface area contributed by atoms with Crippen LogP contribution in [-0.4, -0.2) is 53.6 Å². The van der Waals surface area contributed by atoms with Gasteiger partial charge in [-0.15, -0.1) is 5.10 Å². The summed E-state index contributed by atoms with van der Waals surface area (Å²) in [6.45, 7) is 4.63. The van der Waals surface area contributed by atoms with Gasteiger partial charge in [-0.3, -0.25) is 9.58 Å². The summed E-state index contributed by atoms with van der Waals surface area (Å²) in [5.74, 6) is -0.355. The van der Waals surface area contributed by atoms with Gasteiger partial charge in [0.15, 0.2) is 11.5 Å². The van der Waals surface area contributed by atoms with E-state index < -0.39 is 17.6 Å². The molecule has 0 radical (unpaired) electrons. The van der Waals surface area contributed by atoms with Gasteiger partial charge in [0.1, 0.15) is 11.6 Å². The summed E-state index contributed by atoms with van der Waals surface area (Å²) < 4.78 is 31.2. The van der Waals surface area contributed by atoms with E-state index in [1.165, 1.54) is 6.07 Å². The van der Waals surface area contributed by atoms with Gasteiger partial charge in [0.25, 0.3) is 5.79 Å². The van der Waals surface area contributed by atoms with Gasteiger partial charge in [-0.1, -0.05) is 28.9 Å². The second kappa shape index (κ2) is 11.5. The van der Waals surface area contributed by atoms with Crippen LogP contribution in [0.1, 0.15) is 58.7 Å². The smallest absolute Gasteiger partial charge is 0.335 e. The van der Waals surface area contributed by atoms with Gasteiger partial charge in [-0.25, -0.2) is 14.2 Å². The Morgan fingerprint density at radius 2 is 1.96 bits per heavy atom. The van der Waals surface area contributed by atoms with E-state index >= 15 is 0 Å². The van der Waals surface area contributed by atoms with Crippen molar-refractivity contribution in [3.8, 4) is 11.5 Å². The van der Waals surface area contributed by atoms with E-state index in [1.54, 1.807) is 41.9 Å². The first-order valence-electron chi connectivity index (χ1n) is 14.9. The molecule has 45 heavy (non-hydrogen) atoms. The van der Waals surface area contributed by atoms with Crippen molar-refractivity contribution in [2.45, 2.75) is 51.0 Å². The van der Waals surface area contributed by atoms with Crippen LogP contribution in [0.2, 0.25) is 5.02 Å². The maximum absolute atomic E-state index is 14.8. The van der Waals surface area contributed by atoms with Crippen molar-refractivity contribution in [2.24, 2.45) is 7.05 Å². The average Bonchev–Trinajstić information content (AvgIpc) is 3.69. The number of likely N-dealkylation sites (tertiary alicyclic amines) is 1. The summed E-state index contributed by atoms with van der Waals surface area (Å²) in [6, 6.07) is 15.4. The fraction of sp³-hybridized carbons (Fsp3) is 0.333. The molecule has 12 heteroatoms. The molecule has 3 aromatic carbocycles. The Kier molecular flexibility index (Phi) is 7.45. The molecule has 1 saturated heterocycles. The van der Waals surface area contributed by atoms with Crippen LogP contribution >= 0.6 is 11.6 Å². The lowest BCUT2D eigenvalue weighted by Gasteiger charge is -2.32. The molecule has 0 amide bonds. The molecule has 0 bridgehead atoms. The number of nitrogens with zero attached hydrogens (tertiary/aromatic N) is 6. The van der Waals surface area contributed by atoms with Gasteiger partial charge < -0.3 is 19.1 Å². The average molecular weight is 631 g/mol. The van der Waals surface area contributed by atoms with Crippen LogP contribution in [0.4, 0.5) is 4.39 Å². The van der Waals surface area contributed by atoms with E-state index in [-0.39, 0.29) is 11.5 Å². The number of hydrogen-bond acceptors (Lipinski definition) is 7. The number of imidazole rings is 1. The highest BCUT2D eigenvalue weighted by atomic mass is 35.5. The summed E-state index contributed by atoms with van der Waals surface area (Å²) in [5, 5.41) is 18.2. The number of aromatic carboxylic acids is 1. The first kappa shape index (κ1) is 29.2. The van der Waals surface area contributed by atoms with Crippen molar-refractivity contribution in [2.75, 3.05) is 13.1 Å². The monoisotopic (exact) mass is 630 g/mol. The van der Waals surface area contributed by atoms with E-state index in [0.29, 0.717) is 41.6 Å². The van der Waals surface area contributed by atoms with Crippen LogP contribution < -0.4 is 9.47 Å². The Hall–Kier alpha value is -4.48. The molecule has 2 aliphatic heterocycles. The minimum absolute atomic E-state index is 0.229. The molecule has 232 valence electrons. The van der Waals surface area contributed by atoms with Crippen molar-refractivity contribution in [1.82, 2.24) is 29.4 Å². The number of fused-ring (bicyclic) bond motifs is 2. The maximum Gasteiger partial charge on any atom is 0.335 e. The highest BCUT2D eigenvalue weighted by Gasteiger charge is 2.43. The SMILES string of the molecule is Cn1cc(CCn2c(CN3CCC(c4cccc5c4OC(C)(c4ccc(Cl)cc4F)O5)CC3)nc3ccc(C(=O)O)cc32)nn1. The van der Waals surface area contributed by atoms with Gasteiger partial charge >= 0.3 is 5.97 Å². The molecule has 2 aromatic heterocycles. The molecule has 10 nitrogen and oxygen atoms in total. The molecular formula is C33H32ClFN6O4. The zero-order valence-electron chi connectivity index (χ0n) is 24.9. The number of ether oxygens (including phenoxy) is 2. The molecule has 1 fully saturated rings. The second-order valence-electron chi connectivity index (χ2n) is 11.8. The van der Waals surface area contributed by atoms with Crippen molar-refractivity contribution in [3.05, 3.63) is 99.8 Å². The van der Waals surface area contributed by atoms with Crippen LogP contribution in [0, 0.1) is 5.82 Å². The Morgan fingerprint density at radius 3 is 2.69 bits per heavy atom. The zero-order chi connectivity index (χ0) is 31.3. The Balaban J connectivity index is 1.08. The number of carbonyl (C=O) groups is 1. The summed E-state index contributed by atoms with van der Waals surface area (Å²) in [6.07, 6.45) is 4.32. The molecule has 4 heterocycles. The largest absolute Gasteiger partial charge is 0.478 e. The number of aryl methyl sites for hydroxylation is 3. The number of hydrogen-bond donors (Lipinski definition) is 1. The third-order valence-corrected chi connectivity index (χ3v) is 8.97. The highest BCUT2D eigenvalue weighted by molar-refractivity contribution is 6.30. The molecule has 1 unspecified atom stereocenters. The van der Waals surface area contributed by atoms with Crippen LogP contribution in [0.15, 0.2) is 60.8 Å². The summed E-state index contributed by atoms with van der Waals surface area (Å²) in [5.41, 5.74) is 4.00. The standard InChI is InChI=1S/C33H32ClFN6O4/c1-33(25-8-7-22(34)17-26(25)35)44-29-5-3-4-24(31(29)45-33)20-10-13-40(14-11-20)19-30-36-27-9-6-21(32(42)43)16-28(27)41(30)15-12-23-18-39(2)38-37-23/h3-9,16-18,20H,10-15,19H2,1-2H3,(H,42,43). The Morgan fingerprint density at radius 1 is 1.13 bits per heavy atom. The number of carboxylic acids is 1. The molecule has 0 aliphatic carbocycles. The minimum Gasteiger partial charge on any atom is -0.478 e. The lowest BCUT2D eigenvalue weighted by Crippen LogP contribution is -2.34. The zero-order valence-corrected chi connectivity index (χ0v) is 25.7. The molecule has 5 aromatic rings. The predicted octanol–water partition coefficient (Wildman–Crippen LogP) is 5.92. The summed E-state index contributed by atoms with van der Waals surface area (Å²) in [4.78, 5) is 19.0. The third-order valence-electron chi connectivity index (χ3n) is 8.74. The summed E-state index contributed by atoms with van der Waals surface area (Å²) in [7, 11) is 1.83. The lowest BCUT2D eigenvalue weighted by molar-refractivity contribution is -0.0712. The van der Waals surface area contributed by atoms with Crippen molar-refractivity contribution >= 4 is 28.6 Å². The van der Waals surface area contributed by atoms with E-state index in [0.717, 1.165) is 54.0 Å². The molecule has 0 spiro atoms. The summed E-state index contributed by atoms with van der Waals surface area (Å²) >= 11 is 5.98. The molecule has 7 rings (SSSR count). The molecular weight excluding hydrogens is 599 g/mol. The minimum atomic E-state index is -1.29. The fourth-order valence-corrected chi connectivity index (χ4v) is 6.61. The third kappa shape index (κ3) is 5.62. The first-order chi connectivity index (χ1) is 21.7. The van der Waals surface area contributed by atoms with E-state index in [2.05, 4.69) is 25.8 Å². The molecule has 1 atom stereocenters. The lowest BCUT2D eigenvalue weighted by atomic mass is 9.88. The van der Waals surface area contributed by atoms with Crippen LogP contribution in [0.5, 0.6) is 11.5 Å². The molecule has 0 saturated carbocycles. The second-order valence-corrected chi connectivity index (χ2v) is 12.3. The topological polar surface area (TPSA) is 108 Å². The molecule has 1 N–H and O–H groups in total. The molecule has 2 aliphatic rings. The van der Waals surface area contributed by atoms with Crippen LogP contribution in [0.25, 0.3) is 11.0 Å². The van der Waals surface area contributed by atoms with Crippen LogP contribution in [-0.2, 0) is 32.3 Å². The number of aromatic nitrogens is 5. The maximum atomic E-state index is 14.8. The van der Waals surface area contributed by atoms with Crippen molar-refractivity contribution in [3.63, 3.8) is 0 Å². The Bertz CT molecular complexity index is 1920. The van der Waals surface area contributed by atoms with Gasteiger partial charge in [-0.2, -0.15) is 0 Å². The number of benzene rings is 3. The van der Waals surface area contributed by atoms with Gasteiger partial charge in [-0.05, 0) is 74.3 Å². The number of para-hydroxylation sites is 1. The number of piperidine rings is 1. The Labute approximate surface area is 263 Å². The van der Waals surface area contributed by atoms with E-state index in [1.807, 2.05) is 25.4 Å². The van der Waals surface area contributed by atoms with E-state index in [4.69, 9.17) is 26.1 Å². The van der Waals surface area contributed by atoms with Gasteiger partial charge in [0, 0.05) is 43.7 Å². The quantitative estimate of drug-likeness (QED) is 0.225. The van der Waals surface area contributed by atoms with Crippen LogP contribution in [0.3, 0.4) is 0 Å². The van der Waals surface area contributed by atoms with Crippen molar-refractivity contribution < 1.29 is 23.8 Å². The number of halogens is 2.